The molecule has 2 nitrogen and oxygen atoms in total. The molecule has 0 unspecified atom stereocenters. The predicted molar refractivity (Wildman–Crippen MR) is 44.7 cm³/mol. The molecule has 0 fully saturated rings. The molecule has 0 aromatic carbocycles. The number of rotatable bonds is 2. The SMILES string of the molecule is O=c1cc(C(F)F)cc(CBr)[nH]1. The molecule has 12 heavy (non-hydrogen) atoms. The van der Waals surface area contributed by atoms with Crippen molar-refractivity contribution in [3.8, 4) is 0 Å². The van der Waals surface area contributed by atoms with E-state index in [4.69, 9.17) is 0 Å². The number of halogens is 3. The van der Waals surface area contributed by atoms with Crippen molar-refractivity contribution >= 4 is 15.9 Å². The van der Waals surface area contributed by atoms with Crippen LogP contribution in [0.4, 0.5) is 8.78 Å². The fraction of sp³-hybridized carbons (Fsp3) is 0.286. The first-order valence-electron chi connectivity index (χ1n) is 3.20. The van der Waals surface area contributed by atoms with Crippen LogP contribution in [0.2, 0.25) is 0 Å². The molecule has 0 aliphatic heterocycles. The van der Waals surface area contributed by atoms with Gasteiger partial charge in [0.1, 0.15) is 0 Å². The lowest BCUT2D eigenvalue weighted by atomic mass is 10.2. The fourth-order valence-corrected chi connectivity index (χ4v) is 1.12. The lowest BCUT2D eigenvalue weighted by Crippen LogP contribution is -2.08. The minimum atomic E-state index is -2.59. The molecule has 1 rings (SSSR count). The van der Waals surface area contributed by atoms with Crippen LogP contribution in [0.25, 0.3) is 0 Å². The van der Waals surface area contributed by atoms with Crippen LogP contribution in [0.3, 0.4) is 0 Å². The van der Waals surface area contributed by atoms with Gasteiger partial charge in [-0.2, -0.15) is 0 Å². The summed E-state index contributed by atoms with van der Waals surface area (Å²) < 4.78 is 24.2. The molecule has 0 aliphatic rings. The van der Waals surface area contributed by atoms with E-state index in [-0.39, 0.29) is 5.56 Å². The Hall–Kier alpha value is -0.710. The van der Waals surface area contributed by atoms with Gasteiger partial charge in [-0.25, -0.2) is 8.78 Å². The van der Waals surface area contributed by atoms with Gasteiger partial charge in [0, 0.05) is 22.7 Å². The molecule has 1 heterocycles. The summed E-state index contributed by atoms with van der Waals surface area (Å²) in [5.74, 6) is 0. The summed E-state index contributed by atoms with van der Waals surface area (Å²) in [5.41, 5.74) is -0.284. The van der Waals surface area contributed by atoms with Gasteiger partial charge in [0.05, 0.1) is 0 Å². The summed E-state index contributed by atoms with van der Waals surface area (Å²) in [6.45, 7) is 0. The van der Waals surface area contributed by atoms with E-state index in [1.54, 1.807) is 0 Å². The Kier molecular flexibility index (Phi) is 2.97. The van der Waals surface area contributed by atoms with Crippen LogP contribution in [0.5, 0.6) is 0 Å². The summed E-state index contributed by atoms with van der Waals surface area (Å²) >= 11 is 3.06. The second kappa shape index (κ2) is 3.80. The number of hydrogen-bond acceptors (Lipinski definition) is 1. The lowest BCUT2D eigenvalue weighted by molar-refractivity contribution is 0.151. The average molecular weight is 238 g/mol. The number of nitrogens with one attached hydrogen (secondary N) is 1. The molecule has 1 N–H and O–H groups in total. The van der Waals surface area contributed by atoms with Crippen molar-refractivity contribution in [2.75, 3.05) is 0 Å². The number of hydrogen-bond donors (Lipinski definition) is 1. The van der Waals surface area contributed by atoms with Gasteiger partial charge >= 0.3 is 0 Å². The lowest BCUT2D eigenvalue weighted by Gasteiger charge is -2.00. The van der Waals surface area contributed by atoms with Gasteiger partial charge < -0.3 is 4.98 Å². The van der Waals surface area contributed by atoms with Crippen LogP contribution in [0.1, 0.15) is 17.7 Å². The molecule has 0 amide bonds. The van der Waals surface area contributed by atoms with E-state index in [0.29, 0.717) is 11.0 Å². The first-order chi connectivity index (χ1) is 5.63. The molecule has 1 aromatic rings. The summed E-state index contributed by atoms with van der Waals surface area (Å²) in [5, 5.41) is 0.364. The van der Waals surface area contributed by atoms with Crippen molar-refractivity contribution in [2.45, 2.75) is 11.8 Å². The molecule has 5 heteroatoms. The van der Waals surface area contributed by atoms with E-state index in [1.165, 1.54) is 6.07 Å². The molecule has 0 atom stereocenters. The number of H-pyrrole nitrogens is 1. The van der Waals surface area contributed by atoms with E-state index in [9.17, 15) is 13.6 Å². The van der Waals surface area contributed by atoms with Crippen molar-refractivity contribution in [3.63, 3.8) is 0 Å². The highest BCUT2D eigenvalue weighted by Gasteiger charge is 2.08. The van der Waals surface area contributed by atoms with Gasteiger partial charge in [0.25, 0.3) is 6.43 Å². The Bertz CT molecular complexity index is 323. The highest BCUT2D eigenvalue weighted by molar-refractivity contribution is 9.08. The van der Waals surface area contributed by atoms with Gasteiger partial charge in [-0.1, -0.05) is 15.9 Å². The van der Waals surface area contributed by atoms with Crippen LogP contribution >= 0.6 is 15.9 Å². The van der Waals surface area contributed by atoms with Crippen LogP contribution in [0.15, 0.2) is 16.9 Å². The Morgan fingerprint density at radius 2 is 2.17 bits per heavy atom. The maximum absolute atomic E-state index is 12.1. The van der Waals surface area contributed by atoms with Crippen LogP contribution in [-0.2, 0) is 5.33 Å². The van der Waals surface area contributed by atoms with E-state index in [0.717, 1.165) is 6.07 Å². The largest absolute Gasteiger partial charge is 0.325 e. The smallest absolute Gasteiger partial charge is 0.264 e. The molecule has 0 bridgehead atoms. The molecule has 0 saturated heterocycles. The number of aromatic amines is 1. The third-order valence-electron chi connectivity index (χ3n) is 1.32. The number of alkyl halides is 3. The molecule has 66 valence electrons. The molecule has 0 radical (unpaired) electrons. The normalized spacial score (nSPS) is 10.7. The van der Waals surface area contributed by atoms with E-state index >= 15 is 0 Å². The summed E-state index contributed by atoms with van der Waals surface area (Å²) in [4.78, 5) is 13.2. The van der Waals surface area contributed by atoms with Gasteiger partial charge in [0.15, 0.2) is 0 Å². The van der Waals surface area contributed by atoms with Gasteiger partial charge in [0.2, 0.25) is 5.56 Å². The third-order valence-corrected chi connectivity index (χ3v) is 1.92. The van der Waals surface area contributed by atoms with Gasteiger partial charge in [-0.3, -0.25) is 4.79 Å². The van der Waals surface area contributed by atoms with Crippen molar-refractivity contribution in [1.29, 1.82) is 0 Å². The monoisotopic (exact) mass is 237 g/mol. The zero-order chi connectivity index (χ0) is 9.14. The third kappa shape index (κ3) is 2.14. The first-order valence-corrected chi connectivity index (χ1v) is 4.33. The Labute approximate surface area is 75.7 Å². The molecule has 0 spiro atoms. The molecule has 0 aliphatic carbocycles. The second-order valence-electron chi connectivity index (χ2n) is 2.24. The van der Waals surface area contributed by atoms with E-state index in [1.807, 2.05) is 0 Å². The zero-order valence-electron chi connectivity index (χ0n) is 5.98. The molecule has 0 saturated carbocycles. The van der Waals surface area contributed by atoms with Crippen LogP contribution in [0, 0.1) is 0 Å². The Balaban J connectivity index is 3.15. The topological polar surface area (TPSA) is 32.9 Å². The fourth-order valence-electron chi connectivity index (χ4n) is 0.823. The number of pyridine rings is 1. The standard InChI is InChI=1S/C7H6BrF2NO/c8-3-5-1-4(7(9)10)2-6(12)11-5/h1-2,7H,3H2,(H,11,12). The zero-order valence-corrected chi connectivity index (χ0v) is 7.57. The van der Waals surface area contributed by atoms with Crippen LogP contribution < -0.4 is 5.56 Å². The van der Waals surface area contributed by atoms with Gasteiger partial charge in [-0.15, -0.1) is 0 Å². The quantitative estimate of drug-likeness (QED) is 0.787. The minimum absolute atomic E-state index is 0.242. The van der Waals surface area contributed by atoms with Gasteiger partial charge in [-0.05, 0) is 6.07 Å². The van der Waals surface area contributed by atoms with Crippen molar-refractivity contribution < 1.29 is 8.78 Å². The summed E-state index contributed by atoms with van der Waals surface area (Å²) in [7, 11) is 0. The summed E-state index contributed by atoms with van der Waals surface area (Å²) in [6, 6.07) is 2.16. The maximum atomic E-state index is 12.1. The molecular weight excluding hydrogens is 232 g/mol. The molecular formula is C7H6BrF2NO. The van der Waals surface area contributed by atoms with E-state index < -0.39 is 12.0 Å². The van der Waals surface area contributed by atoms with Crippen molar-refractivity contribution in [1.82, 2.24) is 4.98 Å². The Morgan fingerprint density at radius 1 is 1.50 bits per heavy atom. The van der Waals surface area contributed by atoms with Crippen LogP contribution in [-0.4, -0.2) is 4.98 Å². The van der Waals surface area contributed by atoms with E-state index in [2.05, 4.69) is 20.9 Å². The highest BCUT2D eigenvalue weighted by atomic mass is 79.9. The predicted octanol–water partition coefficient (Wildman–Crippen LogP) is 2.21. The first kappa shape index (κ1) is 9.38. The summed E-state index contributed by atoms with van der Waals surface area (Å²) in [6.07, 6.45) is -2.59. The Morgan fingerprint density at radius 3 is 2.67 bits per heavy atom. The average Bonchev–Trinajstić information content (AvgIpc) is 2.03. The maximum Gasteiger partial charge on any atom is 0.264 e. The second-order valence-corrected chi connectivity index (χ2v) is 2.80. The molecule has 1 aromatic heterocycles. The van der Waals surface area contributed by atoms with Crippen molar-refractivity contribution in [3.05, 3.63) is 33.7 Å². The van der Waals surface area contributed by atoms with Crippen molar-refractivity contribution in [2.24, 2.45) is 0 Å². The minimum Gasteiger partial charge on any atom is -0.325 e. The highest BCUT2D eigenvalue weighted by Crippen LogP contribution is 2.17. The number of aromatic nitrogens is 1.